The third-order valence-electron chi connectivity index (χ3n) is 3.66. The van der Waals surface area contributed by atoms with E-state index in [0.717, 1.165) is 37.2 Å². The molecule has 110 valence electrons. The summed E-state index contributed by atoms with van der Waals surface area (Å²) in [6.45, 7) is 2.46. The van der Waals surface area contributed by atoms with E-state index < -0.39 is 0 Å². The number of amides is 1. The highest BCUT2D eigenvalue weighted by Gasteiger charge is 2.24. The molecule has 0 aliphatic heterocycles. The molecule has 0 fully saturated rings. The van der Waals surface area contributed by atoms with Crippen LogP contribution in [0.5, 0.6) is 0 Å². The van der Waals surface area contributed by atoms with Crippen LogP contribution in [0.15, 0.2) is 28.7 Å². The minimum Gasteiger partial charge on any atom is -0.464 e. The van der Waals surface area contributed by atoms with Crippen LogP contribution < -0.4 is 5.32 Å². The molecule has 0 radical (unpaired) electrons. The smallest absolute Gasteiger partial charge is 0.224 e. The first-order chi connectivity index (χ1) is 9.74. The standard InChI is InChI=1S/C16H23NO3/c1-3-13-9-10-15(20-13)14(11-19-2)17-16(18)12-7-5-4-6-8-12/h4-5,9-10,12,14H,3,6-8,11H2,1-2H3,(H,17,18)/t12-,14-/m1/s1. The van der Waals surface area contributed by atoms with E-state index in [0.29, 0.717) is 6.61 Å². The van der Waals surface area contributed by atoms with Crippen molar-refractivity contribution in [3.05, 3.63) is 35.8 Å². The van der Waals surface area contributed by atoms with Gasteiger partial charge in [0.25, 0.3) is 0 Å². The maximum Gasteiger partial charge on any atom is 0.224 e. The number of carbonyl (C=O) groups excluding carboxylic acids is 1. The zero-order valence-electron chi connectivity index (χ0n) is 12.2. The first-order valence-electron chi connectivity index (χ1n) is 7.27. The Bertz CT molecular complexity index is 464. The molecule has 0 saturated heterocycles. The normalized spacial score (nSPS) is 19.8. The molecule has 0 saturated carbocycles. The lowest BCUT2D eigenvalue weighted by Gasteiger charge is -2.21. The van der Waals surface area contributed by atoms with Crippen LogP contribution in [0.3, 0.4) is 0 Å². The minimum absolute atomic E-state index is 0.0694. The van der Waals surface area contributed by atoms with Crippen LogP contribution in [0, 0.1) is 5.92 Å². The van der Waals surface area contributed by atoms with E-state index in [-0.39, 0.29) is 17.9 Å². The van der Waals surface area contributed by atoms with Crippen LogP contribution in [-0.4, -0.2) is 19.6 Å². The van der Waals surface area contributed by atoms with Crippen molar-refractivity contribution in [1.29, 1.82) is 0 Å². The maximum absolute atomic E-state index is 12.3. The van der Waals surface area contributed by atoms with E-state index in [4.69, 9.17) is 9.15 Å². The van der Waals surface area contributed by atoms with Crippen LogP contribution in [0.4, 0.5) is 0 Å². The fraction of sp³-hybridized carbons (Fsp3) is 0.562. The quantitative estimate of drug-likeness (QED) is 0.813. The first kappa shape index (κ1) is 14.9. The molecule has 20 heavy (non-hydrogen) atoms. The molecular weight excluding hydrogens is 254 g/mol. The highest BCUT2D eigenvalue weighted by molar-refractivity contribution is 5.79. The summed E-state index contributed by atoms with van der Waals surface area (Å²) in [5.74, 6) is 1.85. The van der Waals surface area contributed by atoms with Crippen molar-refractivity contribution in [2.45, 2.75) is 38.6 Å². The molecule has 0 spiro atoms. The lowest BCUT2D eigenvalue weighted by atomic mass is 9.93. The predicted octanol–water partition coefficient (Wildman–Crippen LogP) is 3.00. The summed E-state index contributed by atoms with van der Waals surface area (Å²) in [5, 5.41) is 3.05. The highest BCUT2D eigenvalue weighted by Crippen LogP contribution is 2.22. The van der Waals surface area contributed by atoms with E-state index >= 15 is 0 Å². The number of nitrogens with one attached hydrogen (secondary N) is 1. The third-order valence-corrected chi connectivity index (χ3v) is 3.66. The van der Waals surface area contributed by atoms with Gasteiger partial charge in [-0.1, -0.05) is 19.1 Å². The van der Waals surface area contributed by atoms with Gasteiger partial charge in [-0.2, -0.15) is 0 Å². The summed E-state index contributed by atoms with van der Waals surface area (Å²) < 4.78 is 10.9. The van der Waals surface area contributed by atoms with Crippen LogP contribution in [-0.2, 0) is 16.0 Å². The Balaban J connectivity index is 2.01. The monoisotopic (exact) mass is 277 g/mol. The molecule has 0 unspecified atom stereocenters. The van der Waals surface area contributed by atoms with Gasteiger partial charge in [0, 0.05) is 19.4 Å². The Morgan fingerprint density at radius 3 is 2.95 bits per heavy atom. The van der Waals surface area contributed by atoms with Gasteiger partial charge >= 0.3 is 0 Å². The van der Waals surface area contributed by atoms with Gasteiger partial charge in [-0.3, -0.25) is 4.79 Å². The van der Waals surface area contributed by atoms with E-state index in [1.807, 2.05) is 19.1 Å². The molecule has 0 bridgehead atoms. The van der Waals surface area contributed by atoms with Gasteiger partial charge in [-0.15, -0.1) is 0 Å². The van der Waals surface area contributed by atoms with Crippen molar-refractivity contribution in [3.63, 3.8) is 0 Å². The molecule has 2 atom stereocenters. The van der Waals surface area contributed by atoms with E-state index in [2.05, 4.69) is 17.5 Å². The Morgan fingerprint density at radius 1 is 1.50 bits per heavy atom. The molecule has 1 aliphatic carbocycles. The molecule has 1 aromatic rings. The maximum atomic E-state index is 12.3. The second-order valence-electron chi connectivity index (χ2n) is 5.16. The minimum atomic E-state index is -0.210. The van der Waals surface area contributed by atoms with Crippen molar-refractivity contribution < 1.29 is 13.9 Å². The highest BCUT2D eigenvalue weighted by atomic mass is 16.5. The number of furan rings is 1. The van der Waals surface area contributed by atoms with Crippen molar-refractivity contribution in [2.75, 3.05) is 13.7 Å². The Hall–Kier alpha value is -1.55. The molecule has 1 heterocycles. The van der Waals surface area contributed by atoms with Gasteiger partial charge in [0.1, 0.15) is 17.6 Å². The van der Waals surface area contributed by atoms with Gasteiger partial charge in [0.2, 0.25) is 5.91 Å². The number of methoxy groups -OCH3 is 1. The number of aryl methyl sites for hydroxylation is 1. The Kier molecular flexibility index (Phi) is 5.41. The van der Waals surface area contributed by atoms with Gasteiger partial charge in [-0.25, -0.2) is 0 Å². The van der Waals surface area contributed by atoms with Gasteiger partial charge in [0.05, 0.1) is 6.61 Å². The number of hydrogen-bond donors (Lipinski definition) is 1. The average Bonchev–Trinajstić information content (AvgIpc) is 2.96. The molecule has 4 heteroatoms. The molecule has 1 aliphatic rings. The largest absolute Gasteiger partial charge is 0.464 e. The second-order valence-corrected chi connectivity index (χ2v) is 5.16. The van der Waals surface area contributed by atoms with Gasteiger partial charge in [-0.05, 0) is 31.4 Å². The fourth-order valence-corrected chi connectivity index (χ4v) is 2.45. The summed E-state index contributed by atoms with van der Waals surface area (Å²) in [6.07, 6.45) is 7.79. The van der Waals surface area contributed by atoms with E-state index in [1.54, 1.807) is 7.11 Å². The molecule has 1 N–H and O–H groups in total. The molecule has 4 nitrogen and oxygen atoms in total. The lowest BCUT2D eigenvalue weighted by Crippen LogP contribution is -2.36. The molecule has 2 rings (SSSR count). The molecule has 0 aromatic carbocycles. The zero-order valence-corrected chi connectivity index (χ0v) is 12.2. The zero-order chi connectivity index (χ0) is 14.4. The summed E-state index contributed by atoms with van der Waals surface area (Å²) in [5.41, 5.74) is 0. The van der Waals surface area contributed by atoms with Gasteiger partial charge < -0.3 is 14.5 Å². The number of carbonyl (C=O) groups is 1. The Morgan fingerprint density at radius 2 is 2.35 bits per heavy atom. The van der Waals surface area contributed by atoms with Crippen LogP contribution in [0.1, 0.15) is 43.7 Å². The number of ether oxygens (including phenoxy) is 1. The van der Waals surface area contributed by atoms with Crippen LogP contribution in [0.2, 0.25) is 0 Å². The number of allylic oxidation sites excluding steroid dienone is 2. The second kappa shape index (κ2) is 7.29. The molecule has 1 amide bonds. The summed E-state index contributed by atoms with van der Waals surface area (Å²) in [7, 11) is 1.63. The summed E-state index contributed by atoms with van der Waals surface area (Å²) in [4.78, 5) is 12.3. The molecule has 1 aromatic heterocycles. The first-order valence-corrected chi connectivity index (χ1v) is 7.27. The van der Waals surface area contributed by atoms with E-state index in [1.165, 1.54) is 0 Å². The van der Waals surface area contributed by atoms with Crippen molar-refractivity contribution >= 4 is 5.91 Å². The summed E-state index contributed by atoms with van der Waals surface area (Å²) in [6, 6.07) is 3.66. The number of hydrogen-bond acceptors (Lipinski definition) is 3. The number of rotatable bonds is 6. The van der Waals surface area contributed by atoms with Crippen molar-refractivity contribution in [3.8, 4) is 0 Å². The predicted molar refractivity (Wildman–Crippen MR) is 77.3 cm³/mol. The Labute approximate surface area is 120 Å². The average molecular weight is 277 g/mol. The molecular formula is C16H23NO3. The van der Waals surface area contributed by atoms with E-state index in [9.17, 15) is 4.79 Å². The van der Waals surface area contributed by atoms with Crippen LogP contribution in [0.25, 0.3) is 0 Å². The summed E-state index contributed by atoms with van der Waals surface area (Å²) >= 11 is 0. The third kappa shape index (κ3) is 3.73. The topological polar surface area (TPSA) is 51.5 Å². The fourth-order valence-electron chi connectivity index (χ4n) is 2.45. The van der Waals surface area contributed by atoms with Gasteiger partial charge in [0.15, 0.2) is 0 Å². The van der Waals surface area contributed by atoms with Crippen molar-refractivity contribution in [2.24, 2.45) is 5.92 Å². The SMILES string of the molecule is CCc1ccc([C@@H](COC)NC(=O)[C@@H]2CC=CCC2)o1. The van der Waals surface area contributed by atoms with Crippen molar-refractivity contribution in [1.82, 2.24) is 5.32 Å². The van der Waals surface area contributed by atoms with Crippen LogP contribution >= 0.6 is 0 Å². The lowest BCUT2D eigenvalue weighted by molar-refractivity contribution is -0.126.